The van der Waals surface area contributed by atoms with E-state index < -0.39 is 11.9 Å². The first-order valence-corrected chi connectivity index (χ1v) is 4.15. The van der Waals surface area contributed by atoms with Crippen molar-refractivity contribution < 1.29 is 14.3 Å². The Hall–Kier alpha value is -0.900. The van der Waals surface area contributed by atoms with Crippen LogP contribution in [0.2, 0.25) is 0 Å². The molecule has 4 heteroatoms. The van der Waals surface area contributed by atoms with Gasteiger partial charge < -0.3 is 10.1 Å². The average Bonchev–Trinajstić information content (AvgIpc) is 2.05. The predicted molar refractivity (Wildman–Crippen MR) is 42.6 cm³/mol. The van der Waals surface area contributed by atoms with E-state index >= 15 is 0 Å². The first kappa shape index (κ1) is 9.19. The maximum atomic E-state index is 11.2. The first-order valence-electron chi connectivity index (χ1n) is 4.15. The van der Waals surface area contributed by atoms with Crippen LogP contribution in [-0.4, -0.2) is 31.4 Å². The molecule has 1 fully saturated rings. The van der Waals surface area contributed by atoms with E-state index in [0.29, 0.717) is 26.1 Å². The number of piperidine rings is 1. The van der Waals surface area contributed by atoms with Gasteiger partial charge in [0.05, 0.1) is 6.61 Å². The molecule has 0 radical (unpaired) electrons. The summed E-state index contributed by atoms with van der Waals surface area (Å²) in [5, 5.41) is 2.98. The van der Waals surface area contributed by atoms with E-state index in [-0.39, 0.29) is 5.78 Å². The van der Waals surface area contributed by atoms with Gasteiger partial charge >= 0.3 is 5.97 Å². The molecular weight excluding hydrogens is 158 g/mol. The highest BCUT2D eigenvalue weighted by Crippen LogP contribution is 2.07. The molecule has 1 heterocycles. The van der Waals surface area contributed by atoms with E-state index in [0.717, 1.165) is 0 Å². The van der Waals surface area contributed by atoms with Crippen molar-refractivity contribution in [2.75, 3.05) is 19.7 Å². The minimum Gasteiger partial charge on any atom is -0.465 e. The number of ether oxygens (including phenoxy) is 1. The van der Waals surface area contributed by atoms with Crippen LogP contribution < -0.4 is 5.32 Å². The lowest BCUT2D eigenvalue weighted by molar-refractivity contribution is -0.152. The van der Waals surface area contributed by atoms with E-state index in [9.17, 15) is 9.59 Å². The molecule has 1 aliphatic heterocycles. The zero-order valence-corrected chi connectivity index (χ0v) is 7.13. The van der Waals surface area contributed by atoms with E-state index in [2.05, 4.69) is 5.32 Å². The summed E-state index contributed by atoms with van der Waals surface area (Å²) < 4.78 is 4.75. The van der Waals surface area contributed by atoms with Gasteiger partial charge in [-0.25, -0.2) is 0 Å². The minimum absolute atomic E-state index is 0.00722. The fraction of sp³-hybridized carbons (Fsp3) is 0.750. The number of nitrogens with one attached hydrogen (secondary N) is 1. The van der Waals surface area contributed by atoms with E-state index in [1.807, 2.05) is 0 Å². The molecule has 1 saturated heterocycles. The molecule has 12 heavy (non-hydrogen) atoms. The second kappa shape index (κ2) is 4.21. The van der Waals surface area contributed by atoms with Gasteiger partial charge in [-0.15, -0.1) is 0 Å². The molecule has 1 atom stereocenters. The number of rotatable bonds is 2. The van der Waals surface area contributed by atoms with Crippen LogP contribution in [0.3, 0.4) is 0 Å². The Kier molecular flexibility index (Phi) is 3.22. The molecule has 1 N–H and O–H groups in total. The average molecular weight is 171 g/mol. The lowest BCUT2D eigenvalue weighted by Crippen LogP contribution is -2.41. The molecule has 0 aromatic carbocycles. The lowest BCUT2D eigenvalue weighted by Gasteiger charge is -2.19. The molecular formula is C8H13NO3. The van der Waals surface area contributed by atoms with Crippen LogP contribution in [0.1, 0.15) is 13.3 Å². The largest absolute Gasteiger partial charge is 0.465 e. The summed E-state index contributed by atoms with van der Waals surface area (Å²) in [4.78, 5) is 22.3. The summed E-state index contributed by atoms with van der Waals surface area (Å²) in [6, 6.07) is 0. The van der Waals surface area contributed by atoms with Crippen LogP contribution in [0.5, 0.6) is 0 Å². The highest BCUT2D eigenvalue weighted by molar-refractivity contribution is 5.99. The van der Waals surface area contributed by atoms with Gasteiger partial charge in [0.15, 0.2) is 0 Å². The van der Waals surface area contributed by atoms with Gasteiger partial charge in [-0.2, -0.15) is 0 Å². The van der Waals surface area contributed by atoms with Crippen molar-refractivity contribution in [1.29, 1.82) is 0 Å². The molecule has 1 rings (SSSR count). The fourth-order valence-electron chi connectivity index (χ4n) is 1.20. The molecule has 0 aromatic heterocycles. The zero-order chi connectivity index (χ0) is 8.97. The monoisotopic (exact) mass is 171 g/mol. The molecule has 0 bridgehead atoms. The third kappa shape index (κ3) is 2.04. The summed E-state index contributed by atoms with van der Waals surface area (Å²) in [6.07, 6.45) is 0.434. The normalized spacial score (nSPS) is 23.8. The quantitative estimate of drug-likeness (QED) is 0.459. The predicted octanol–water partition coefficient (Wildman–Crippen LogP) is -0.272. The van der Waals surface area contributed by atoms with Gasteiger partial charge in [0.25, 0.3) is 0 Å². The van der Waals surface area contributed by atoms with Gasteiger partial charge in [0, 0.05) is 19.5 Å². The number of ketones is 1. The standard InChI is InChI=1S/C8H13NO3/c1-2-12-8(11)6-5-9-4-3-7(6)10/h6,9H,2-5H2,1H3/t6-/m1/s1. The molecule has 4 nitrogen and oxygen atoms in total. The Labute approximate surface area is 71.3 Å². The Bertz CT molecular complexity index is 191. The molecule has 68 valence electrons. The Morgan fingerprint density at radius 2 is 2.50 bits per heavy atom. The molecule has 0 unspecified atom stereocenters. The number of esters is 1. The van der Waals surface area contributed by atoms with Crippen LogP contribution in [-0.2, 0) is 14.3 Å². The van der Waals surface area contributed by atoms with Crippen molar-refractivity contribution in [3.05, 3.63) is 0 Å². The summed E-state index contributed by atoms with van der Waals surface area (Å²) in [6.45, 7) is 3.17. The zero-order valence-electron chi connectivity index (χ0n) is 7.13. The van der Waals surface area contributed by atoms with E-state index in [1.165, 1.54) is 0 Å². The lowest BCUT2D eigenvalue weighted by atomic mass is 9.98. The maximum absolute atomic E-state index is 11.2. The van der Waals surface area contributed by atoms with Crippen molar-refractivity contribution in [2.45, 2.75) is 13.3 Å². The molecule has 1 aliphatic rings. The second-order valence-corrected chi connectivity index (χ2v) is 2.73. The number of hydrogen-bond donors (Lipinski definition) is 1. The Morgan fingerprint density at radius 1 is 1.75 bits per heavy atom. The van der Waals surface area contributed by atoms with Crippen LogP contribution in [0, 0.1) is 5.92 Å². The highest BCUT2D eigenvalue weighted by atomic mass is 16.5. The minimum atomic E-state index is -0.571. The van der Waals surface area contributed by atoms with Crippen molar-refractivity contribution in [1.82, 2.24) is 5.32 Å². The number of carbonyl (C=O) groups is 2. The summed E-state index contributed by atoms with van der Waals surface area (Å²) >= 11 is 0. The van der Waals surface area contributed by atoms with Crippen molar-refractivity contribution >= 4 is 11.8 Å². The van der Waals surface area contributed by atoms with Gasteiger partial charge in [-0.1, -0.05) is 0 Å². The highest BCUT2D eigenvalue weighted by Gasteiger charge is 2.29. The van der Waals surface area contributed by atoms with E-state index in [4.69, 9.17) is 4.74 Å². The molecule has 0 aromatic rings. The SMILES string of the molecule is CCOC(=O)[C@@H]1CNCCC1=O. The summed E-state index contributed by atoms with van der Waals surface area (Å²) in [5.41, 5.74) is 0. The first-order chi connectivity index (χ1) is 5.75. The number of hydrogen-bond acceptors (Lipinski definition) is 4. The van der Waals surface area contributed by atoms with Crippen LogP contribution >= 0.6 is 0 Å². The van der Waals surface area contributed by atoms with Crippen molar-refractivity contribution in [2.24, 2.45) is 5.92 Å². The van der Waals surface area contributed by atoms with Crippen molar-refractivity contribution in [3.63, 3.8) is 0 Å². The second-order valence-electron chi connectivity index (χ2n) is 2.73. The molecule has 0 spiro atoms. The third-order valence-electron chi connectivity index (χ3n) is 1.86. The van der Waals surface area contributed by atoms with Gasteiger partial charge in [0.2, 0.25) is 0 Å². The topological polar surface area (TPSA) is 55.4 Å². The van der Waals surface area contributed by atoms with Gasteiger partial charge in [0.1, 0.15) is 11.7 Å². The van der Waals surface area contributed by atoms with Crippen LogP contribution in [0.15, 0.2) is 0 Å². The summed E-state index contributed by atoms with van der Waals surface area (Å²) in [7, 11) is 0. The van der Waals surface area contributed by atoms with Gasteiger partial charge in [-0.05, 0) is 6.92 Å². The Balaban J connectivity index is 2.48. The fourth-order valence-corrected chi connectivity index (χ4v) is 1.20. The maximum Gasteiger partial charge on any atom is 0.317 e. The third-order valence-corrected chi connectivity index (χ3v) is 1.86. The summed E-state index contributed by atoms with van der Waals surface area (Å²) in [5.74, 6) is -0.972. The number of carbonyl (C=O) groups excluding carboxylic acids is 2. The van der Waals surface area contributed by atoms with Crippen LogP contribution in [0.4, 0.5) is 0 Å². The van der Waals surface area contributed by atoms with Crippen molar-refractivity contribution in [3.8, 4) is 0 Å². The number of Topliss-reactive ketones (excluding diaryl/α,β-unsaturated/α-hetero) is 1. The van der Waals surface area contributed by atoms with E-state index in [1.54, 1.807) is 6.92 Å². The molecule has 0 aliphatic carbocycles. The smallest absolute Gasteiger partial charge is 0.317 e. The molecule has 0 saturated carbocycles. The van der Waals surface area contributed by atoms with Crippen LogP contribution in [0.25, 0.3) is 0 Å². The van der Waals surface area contributed by atoms with Gasteiger partial charge in [-0.3, -0.25) is 9.59 Å². The molecule has 0 amide bonds. The Morgan fingerprint density at radius 3 is 3.08 bits per heavy atom.